The summed E-state index contributed by atoms with van der Waals surface area (Å²) >= 11 is 0. The third kappa shape index (κ3) is 11.7. The summed E-state index contributed by atoms with van der Waals surface area (Å²) < 4.78 is 16.6. The largest absolute Gasteiger partial charge is 0.491 e. The van der Waals surface area contributed by atoms with E-state index in [1.54, 1.807) is 7.11 Å². The van der Waals surface area contributed by atoms with Crippen molar-refractivity contribution >= 4 is 12.4 Å². The van der Waals surface area contributed by atoms with Crippen molar-refractivity contribution < 1.29 is 28.9 Å². The number of esters is 1. The quantitative estimate of drug-likeness (QED) is 0.0995. The van der Waals surface area contributed by atoms with E-state index in [-0.39, 0.29) is 29.9 Å². The second-order valence-electron chi connectivity index (χ2n) is 10.0. The second-order valence-corrected chi connectivity index (χ2v) is 10.0. The van der Waals surface area contributed by atoms with Gasteiger partial charge in [-0.2, -0.15) is 0 Å². The third-order valence-corrected chi connectivity index (χ3v) is 7.56. The number of hydrogen-bond acceptors (Lipinski definition) is 5. The molecule has 0 aliphatic heterocycles. The molecule has 1 fully saturated rings. The molecule has 1 saturated carbocycles. The molecule has 1 aliphatic carbocycles. The van der Waals surface area contributed by atoms with Gasteiger partial charge in [-0.15, -0.1) is 13.2 Å². The molecule has 0 aromatic heterocycles. The smallest absolute Gasteiger partial charge is 0.330 e. The minimum absolute atomic E-state index is 0.0179. The number of ether oxygens (including phenoxy) is 3. The molecule has 0 heterocycles. The Balaban J connectivity index is 0.00000165. The number of rotatable bonds is 15. The first-order valence-electron chi connectivity index (χ1n) is 14.9. The molecule has 1 N–H and O–H groups in total. The highest BCUT2D eigenvalue weighted by molar-refractivity contribution is 5.81. The Morgan fingerprint density at radius 1 is 0.952 bits per heavy atom. The molecule has 42 heavy (non-hydrogen) atoms. The van der Waals surface area contributed by atoms with Crippen LogP contribution in [0.15, 0.2) is 86.5 Å². The average Bonchev–Trinajstić information content (AvgIpc) is 3.05. The summed E-state index contributed by atoms with van der Waals surface area (Å²) in [6.07, 6.45) is 13.6. The van der Waals surface area contributed by atoms with Gasteiger partial charge in [0.15, 0.2) is 0 Å². The van der Waals surface area contributed by atoms with Crippen LogP contribution in [0.5, 0.6) is 5.75 Å². The highest BCUT2D eigenvalue weighted by atomic mass is 16.5. The van der Waals surface area contributed by atoms with Gasteiger partial charge in [0.25, 0.3) is 6.47 Å². The number of methoxy groups -OCH3 is 1. The lowest BCUT2D eigenvalue weighted by Crippen LogP contribution is -2.30. The number of benzene rings is 2. The van der Waals surface area contributed by atoms with Crippen LogP contribution in [0, 0.1) is 5.92 Å². The maximum atomic E-state index is 11.4. The van der Waals surface area contributed by atoms with E-state index in [0.717, 1.165) is 37.9 Å². The normalized spacial score (nSPS) is 14.7. The first kappa shape index (κ1) is 36.4. The molecule has 2 aromatic carbocycles. The average molecular weight is 579 g/mol. The minimum atomic E-state index is -0.388. The molecule has 6 nitrogen and oxygen atoms in total. The van der Waals surface area contributed by atoms with Crippen molar-refractivity contribution in [2.24, 2.45) is 5.92 Å². The Bertz CT molecular complexity index is 1050. The fourth-order valence-corrected chi connectivity index (χ4v) is 5.24. The lowest BCUT2D eigenvalue weighted by atomic mass is 9.65. The van der Waals surface area contributed by atoms with Crippen LogP contribution >= 0.6 is 0 Å². The highest BCUT2D eigenvalue weighted by Gasteiger charge is 2.35. The standard InChI is InChI=1S/C33H42O4.C2H6.CH2O2/c1-5-11-31(35-4)25-36-30-20-18-29(19-21-30)33(22-9-8-10-23-33)28-16-14-27(15-17-28)13-12-26(6-2)24-37-32(34)7-3;1-2;2-1-3/h5-7,14-21,26,31H,1-3,8-13,22-25H2,4H3;1-2H3;1H,(H,2,3). The molecular weight excluding hydrogens is 528 g/mol. The lowest BCUT2D eigenvalue weighted by molar-refractivity contribution is -0.138. The summed E-state index contributed by atoms with van der Waals surface area (Å²) in [6, 6.07) is 17.8. The highest BCUT2D eigenvalue weighted by Crippen LogP contribution is 2.45. The summed E-state index contributed by atoms with van der Waals surface area (Å²) in [5, 5.41) is 6.89. The van der Waals surface area contributed by atoms with Gasteiger partial charge in [-0.25, -0.2) is 4.79 Å². The molecule has 0 radical (unpaired) electrons. The zero-order chi connectivity index (χ0) is 31.2. The molecule has 2 unspecified atom stereocenters. The Morgan fingerprint density at radius 3 is 2.02 bits per heavy atom. The molecule has 2 atom stereocenters. The van der Waals surface area contributed by atoms with Crippen LogP contribution in [0.3, 0.4) is 0 Å². The Hall–Kier alpha value is -3.64. The fraction of sp³-hybridized carbons (Fsp3) is 0.444. The van der Waals surface area contributed by atoms with Crippen LogP contribution in [-0.2, 0) is 30.9 Å². The third-order valence-electron chi connectivity index (χ3n) is 7.56. The van der Waals surface area contributed by atoms with Gasteiger partial charge < -0.3 is 19.3 Å². The van der Waals surface area contributed by atoms with Gasteiger partial charge in [-0.3, -0.25) is 4.79 Å². The fourth-order valence-electron chi connectivity index (χ4n) is 5.24. The summed E-state index contributed by atoms with van der Waals surface area (Å²) in [5.41, 5.74) is 4.07. The van der Waals surface area contributed by atoms with Crippen molar-refractivity contribution in [3.8, 4) is 5.75 Å². The van der Waals surface area contributed by atoms with Gasteiger partial charge in [0, 0.05) is 24.5 Å². The molecule has 0 spiro atoms. The Morgan fingerprint density at radius 2 is 1.52 bits per heavy atom. The van der Waals surface area contributed by atoms with E-state index in [2.05, 4.69) is 68.3 Å². The van der Waals surface area contributed by atoms with Crippen molar-refractivity contribution in [2.45, 2.75) is 76.7 Å². The monoisotopic (exact) mass is 578 g/mol. The first-order valence-corrected chi connectivity index (χ1v) is 14.9. The molecule has 230 valence electrons. The van der Waals surface area contributed by atoms with Crippen molar-refractivity contribution in [3.63, 3.8) is 0 Å². The van der Waals surface area contributed by atoms with Crippen molar-refractivity contribution in [2.75, 3.05) is 20.3 Å². The summed E-state index contributed by atoms with van der Waals surface area (Å²) in [5.74, 6) is 0.608. The van der Waals surface area contributed by atoms with Gasteiger partial charge in [0.2, 0.25) is 0 Å². The van der Waals surface area contributed by atoms with Gasteiger partial charge >= 0.3 is 5.97 Å². The van der Waals surface area contributed by atoms with E-state index in [0.29, 0.717) is 13.2 Å². The zero-order valence-corrected chi connectivity index (χ0v) is 25.8. The van der Waals surface area contributed by atoms with E-state index in [1.165, 1.54) is 42.0 Å². The molecule has 0 saturated heterocycles. The van der Waals surface area contributed by atoms with E-state index >= 15 is 0 Å². The van der Waals surface area contributed by atoms with E-state index in [4.69, 9.17) is 24.1 Å². The molecule has 1 aliphatic rings. The molecule has 0 amide bonds. The van der Waals surface area contributed by atoms with Crippen molar-refractivity contribution in [1.82, 2.24) is 0 Å². The first-order chi connectivity index (χ1) is 20.5. The van der Waals surface area contributed by atoms with Crippen molar-refractivity contribution in [3.05, 3.63) is 103 Å². The van der Waals surface area contributed by atoms with Crippen LogP contribution < -0.4 is 4.74 Å². The topological polar surface area (TPSA) is 82.1 Å². The number of carboxylic acid groups (broad SMARTS) is 1. The zero-order valence-electron chi connectivity index (χ0n) is 25.8. The summed E-state index contributed by atoms with van der Waals surface area (Å²) in [7, 11) is 1.71. The number of aryl methyl sites for hydroxylation is 1. The van der Waals surface area contributed by atoms with Gasteiger partial charge in [0.05, 0.1) is 12.7 Å². The second kappa shape index (κ2) is 21.1. The van der Waals surface area contributed by atoms with Gasteiger partial charge in [0.1, 0.15) is 12.4 Å². The van der Waals surface area contributed by atoms with Crippen LogP contribution in [-0.4, -0.2) is 44.0 Å². The van der Waals surface area contributed by atoms with E-state index in [9.17, 15) is 4.79 Å². The number of carbonyl (C=O) groups is 2. The van der Waals surface area contributed by atoms with Crippen LogP contribution in [0.2, 0.25) is 0 Å². The van der Waals surface area contributed by atoms with Crippen LogP contribution in [0.25, 0.3) is 0 Å². The lowest BCUT2D eigenvalue weighted by Gasteiger charge is -2.39. The Kier molecular flexibility index (Phi) is 18.3. The van der Waals surface area contributed by atoms with E-state index < -0.39 is 0 Å². The predicted octanol–water partition coefficient (Wildman–Crippen LogP) is 8.10. The molecule has 3 rings (SSSR count). The predicted molar refractivity (Wildman–Crippen MR) is 171 cm³/mol. The van der Waals surface area contributed by atoms with Crippen LogP contribution in [0.4, 0.5) is 0 Å². The number of carbonyl (C=O) groups excluding carboxylic acids is 1. The van der Waals surface area contributed by atoms with Gasteiger partial charge in [-0.05, 0) is 60.9 Å². The van der Waals surface area contributed by atoms with Crippen LogP contribution in [0.1, 0.15) is 75.5 Å². The molecule has 2 aromatic rings. The van der Waals surface area contributed by atoms with Crippen molar-refractivity contribution in [1.29, 1.82) is 0 Å². The Labute approximate surface area is 253 Å². The maximum Gasteiger partial charge on any atom is 0.330 e. The van der Waals surface area contributed by atoms with Gasteiger partial charge in [-0.1, -0.05) is 88.2 Å². The SMILES string of the molecule is C=CCC(COc1ccc(C2(c3ccc(CCC(C=C)COC(=O)C=C)cc3)CCCCC2)cc1)OC.CC.O=CO. The molecule has 6 heteroatoms. The summed E-state index contributed by atoms with van der Waals surface area (Å²) in [6.45, 7) is 15.7. The number of hydrogen-bond donors (Lipinski definition) is 1. The van der Waals surface area contributed by atoms with E-state index in [1.807, 2.05) is 26.0 Å². The minimum Gasteiger partial charge on any atom is -0.491 e. The molecule has 0 bridgehead atoms. The molecular formula is C36H50O6. The summed E-state index contributed by atoms with van der Waals surface area (Å²) in [4.78, 5) is 19.7. The maximum absolute atomic E-state index is 11.4.